The van der Waals surface area contributed by atoms with Crippen LogP contribution < -0.4 is 4.72 Å². The summed E-state index contributed by atoms with van der Waals surface area (Å²) < 4.78 is 34.2. The molecule has 2 atom stereocenters. The highest BCUT2D eigenvalue weighted by molar-refractivity contribution is 7.89. The number of nitrogens with one attached hydrogen (secondary N) is 1. The molecule has 0 bridgehead atoms. The molecule has 3 aromatic carbocycles. The van der Waals surface area contributed by atoms with E-state index in [0.717, 1.165) is 16.0 Å². The number of ether oxygens (including phenoxy) is 1. The van der Waals surface area contributed by atoms with E-state index in [9.17, 15) is 29.0 Å². The van der Waals surface area contributed by atoms with Crippen molar-refractivity contribution in [3.63, 3.8) is 0 Å². The Balaban J connectivity index is 1.79. The summed E-state index contributed by atoms with van der Waals surface area (Å²) in [6, 6.07) is 21.1. The largest absolute Gasteiger partial charge is 0.489 e. The number of hydrogen-bond acceptors (Lipinski definition) is 7. The second-order valence-corrected chi connectivity index (χ2v) is 10.4. The van der Waals surface area contributed by atoms with E-state index in [1.807, 2.05) is 43.3 Å². The highest BCUT2D eigenvalue weighted by Gasteiger charge is 2.45. The number of aliphatic hydroxyl groups excluding tert-OH is 1. The van der Waals surface area contributed by atoms with E-state index in [1.165, 1.54) is 36.4 Å². The maximum absolute atomic E-state index is 13.3. The van der Waals surface area contributed by atoms with Crippen molar-refractivity contribution in [2.24, 2.45) is 0 Å². The zero-order valence-electron chi connectivity index (χ0n) is 20.4. The number of nitrogens with zero attached hydrogens (tertiary/aromatic N) is 4. The summed E-state index contributed by atoms with van der Waals surface area (Å²) in [5.41, 5.74) is 1.58. The van der Waals surface area contributed by atoms with Gasteiger partial charge in [-0.2, -0.15) is 9.98 Å². The minimum absolute atomic E-state index is 0.0415. The highest BCUT2D eigenvalue weighted by Crippen LogP contribution is 2.32. The lowest BCUT2D eigenvalue weighted by molar-refractivity contribution is 0.147. The number of benzene rings is 3. The van der Waals surface area contributed by atoms with Gasteiger partial charge in [0.25, 0.3) is 5.88 Å². The number of hydrogen-bond donors (Lipinski definition) is 2. The van der Waals surface area contributed by atoms with Crippen molar-refractivity contribution in [3.8, 4) is 6.07 Å². The Morgan fingerprint density at radius 2 is 1.87 bits per heavy atom. The standard InChI is InChI=1S/C27H23N5O5S/c1-18-10-12-23(13-11-18)38(35,36)31-24(21-9-5-8-20(14-21)16-28)25(30-29)26(33)32-22(17-37-27(32)34)15-19-6-3-2-4-7-19/h2-14,22,24,31H,15,17H2,1H3/p+1/b26-25+/t22-,24+/m0/s1. The van der Waals surface area contributed by atoms with Gasteiger partial charge in [-0.3, -0.25) is 0 Å². The fraction of sp³-hybridized carbons (Fsp3) is 0.185. The molecule has 0 unspecified atom stereocenters. The van der Waals surface area contributed by atoms with E-state index in [4.69, 9.17) is 4.74 Å². The summed E-state index contributed by atoms with van der Waals surface area (Å²) in [5, 5.41) is 30.6. The monoisotopic (exact) mass is 530 g/mol. The van der Waals surface area contributed by atoms with Gasteiger partial charge in [0, 0.05) is 0 Å². The normalized spacial score (nSPS) is 16.7. The van der Waals surface area contributed by atoms with Crippen LogP contribution in [0.3, 0.4) is 0 Å². The van der Waals surface area contributed by atoms with E-state index in [0.29, 0.717) is 6.42 Å². The molecule has 0 saturated carbocycles. The molecule has 4 rings (SSSR count). The minimum Gasteiger partial charge on any atom is -0.489 e. The molecule has 0 radical (unpaired) electrons. The fourth-order valence-corrected chi connectivity index (χ4v) is 5.31. The molecule has 1 aliphatic heterocycles. The van der Waals surface area contributed by atoms with Crippen LogP contribution in [0.4, 0.5) is 4.79 Å². The third kappa shape index (κ3) is 5.65. The number of carbonyl (C=O) groups is 1. The second-order valence-electron chi connectivity index (χ2n) is 8.70. The molecule has 1 saturated heterocycles. The number of cyclic esters (lactones) is 1. The average molecular weight is 531 g/mol. The maximum atomic E-state index is 13.3. The van der Waals surface area contributed by atoms with Crippen LogP contribution in [0.5, 0.6) is 0 Å². The molecule has 10 nitrogen and oxygen atoms in total. The molecule has 38 heavy (non-hydrogen) atoms. The Labute approximate surface area is 220 Å². The summed E-state index contributed by atoms with van der Waals surface area (Å²) in [7, 11) is -4.22. The molecule has 0 spiro atoms. The predicted molar refractivity (Wildman–Crippen MR) is 137 cm³/mol. The van der Waals surface area contributed by atoms with Crippen molar-refractivity contribution in [1.82, 2.24) is 9.62 Å². The Morgan fingerprint density at radius 1 is 1.16 bits per heavy atom. The van der Waals surface area contributed by atoms with E-state index in [-0.39, 0.29) is 22.6 Å². The van der Waals surface area contributed by atoms with Gasteiger partial charge in [-0.15, -0.1) is 0 Å². The first-order valence-corrected chi connectivity index (χ1v) is 13.1. The Hall–Kier alpha value is -4.71. The van der Waals surface area contributed by atoms with Gasteiger partial charge in [0.2, 0.25) is 15.4 Å². The Bertz CT molecular complexity index is 1560. The minimum atomic E-state index is -4.22. The van der Waals surface area contributed by atoms with Crippen molar-refractivity contribution >= 4 is 16.1 Å². The van der Waals surface area contributed by atoms with Crippen molar-refractivity contribution in [2.75, 3.05) is 6.61 Å². The van der Waals surface area contributed by atoms with Crippen LogP contribution in [0.2, 0.25) is 0 Å². The number of aliphatic hydroxyl groups is 1. The van der Waals surface area contributed by atoms with E-state index in [2.05, 4.69) is 9.70 Å². The summed E-state index contributed by atoms with van der Waals surface area (Å²) in [6.07, 6.45) is -0.561. The molecular formula is C27H24N5O5S+. The van der Waals surface area contributed by atoms with Crippen molar-refractivity contribution < 1.29 is 23.1 Å². The van der Waals surface area contributed by atoms with Crippen molar-refractivity contribution in [3.05, 3.63) is 118 Å². The zero-order chi connectivity index (χ0) is 27.3. The van der Waals surface area contributed by atoms with Gasteiger partial charge >= 0.3 is 11.8 Å². The third-order valence-electron chi connectivity index (χ3n) is 6.07. The van der Waals surface area contributed by atoms with Gasteiger partial charge < -0.3 is 9.84 Å². The van der Waals surface area contributed by atoms with Gasteiger partial charge in [-0.25, -0.2) is 18.1 Å². The van der Waals surface area contributed by atoms with Crippen molar-refractivity contribution in [1.29, 1.82) is 10.7 Å². The van der Waals surface area contributed by atoms with Crippen LogP contribution in [0.1, 0.15) is 28.3 Å². The van der Waals surface area contributed by atoms with E-state index in [1.54, 1.807) is 12.1 Å². The van der Waals surface area contributed by atoms with Crippen LogP contribution >= 0.6 is 0 Å². The van der Waals surface area contributed by atoms with Gasteiger partial charge in [-0.05, 0) is 48.7 Å². The summed E-state index contributed by atoms with van der Waals surface area (Å²) >= 11 is 0. The quantitative estimate of drug-likeness (QED) is 0.321. The number of carbonyl (C=O) groups excluding carboxylic acids is 1. The molecule has 0 aliphatic carbocycles. The fourth-order valence-electron chi connectivity index (χ4n) is 4.12. The van der Waals surface area contributed by atoms with Gasteiger partial charge in [0.15, 0.2) is 11.0 Å². The lowest BCUT2D eigenvalue weighted by Gasteiger charge is -2.21. The van der Waals surface area contributed by atoms with Crippen LogP contribution in [-0.4, -0.2) is 37.2 Å². The third-order valence-corrected chi connectivity index (χ3v) is 7.51. The number of amides is 1. The molecule has 11 heteroatoms. The van der Waals surface area contributed by atoms with Gasteiger partial charge in [-0.1, -0.05) is 60.2 Å². The summed E-state index contributed by atoms with van der Waals surface area (Å²) in [6.45, 7) is 1.77. The predicted octanol–water partition coefficient (Wildman–Crippen LogP) is 4.53. The van der Waals surface area contributed by atoms with Crippen molar-refractivity contribution in [2.45, 2.75) is 30.3 Å². The zero-order valence-corrected chi connectivity index (χ0v) is 21.2. The number of nitriles is 1. The average Bonchev–Trinajstić information content (AvgIpc) is 3.28. The van der Waals surface area contributed by atoms with Crippen LogP contribution in [0, 0.1) is 23.6 Å². The number of diazo groups is 1. The summed E-state index contributed by atoms with van der Waals surface area (Å²) in [4.78, 5) is 16.7. The Morgan fingerprint density at radius 3 is 2.53 bits per heavy atom. The van der Waals surface area contributed by atoms with Crippen LogP contribution in [0.15, 0.2) is 95.3 Å². The number of rotatable bonds is 8. The second kappa shape index (κ2) is 11.1. The Kier molecular flexibility index (Phi) is 7.72. The molecule has 192 valence electrons. The first-order chi connectivity index (χ1) is 18.2. The lowest BCUT2D eigenvalue weighted by Crippen LogP contribution is -2.37. The van der Waals surface area contributed by atoms with E-state index < -0.39 is 39.8 Å². The van der Waals surface area contributed by atoms with Gasteiger partial charge in [0.1, 0.15) is 6.61 Å². The SMILES string of the molecule is Cc1ccc(S(=O)(=O)N[C@@H](/C([N+]#N)=C(\O)N2C(=O)OC[C@@H]2Cc2ccccc2)c2cccc(C#N)c2)cc1. The molecule has 1 aliphatic rings. The molecular weight excluding hydrogens is 506 g/mol. The van der Waals surface area contributed by atoms with E-state index >= 15 is 0 Å². The lowest BCUT2D eigenvalue weighted by atomic mass is 10.0. The topological polar surface area (TPSA) is 148 Å². The first-order valence-electron chi connectivity index (χ1n) is 11.6. The van der Waals surface area contributed by atoms with Gasteiger partial charge in [0.05, 0.1) is 22.6 Å². The molecule has 1 fully saturated rings. The maximum Gasteiger partial charge on any atom is 0.442 e. The molecule has 0 aromatic heterocycles. The number of sulfonamides is 1. The number of aryl methyl sites for hydroxylation is 1. The smallest absolute Gasteiger partial charge is 0.442 e. The van der Waals surface area contributed by atoms with Crippen LogP contribution in [-0.2, 0) is 21.2 Å². The highest BCUT2D eigenvalue weighted by atomic mass is 32.2. The summed E-state index contributed by atoms with van der Waals surface area (Å²) in [5.74, 6) is -0.783. The molecule has 1 amide bonds. The first kappa shape index (κ1) is 26.4. The molecule has 2 N–H and O–H groups in total. The molecule has 3 aromatic rings. The molecule has 1 heterocycles. The van der Waals surface area contributed by atoms with Crippen LogP contribution in [0.25, 0.3) is 4.98 Å².